The molecule has 3 rings (SSSR count). The van der Waals surface area contributed by atoms with Crippen LogP contribution in [0, 0.1) is 0 Å². The lowest BCUT2D eigenvalue weighted by Crippen LogP contribution is -2.46. The molecule has 0 aliphatic rings. The van der Waals surface area contributed by atoms with Crippen molar-refractivity contribution < 1.29 is 14.4 Å². The second-order valence-electron chi connectivity index (χ2n) is 5.77. The van der Waals surface area contributed by atoms with Crippen LogP contribution in [0.4, 0.5) is 0 Å². The van der Waals surface area contributed by atoms with Crippen molar-refractivity contribution in [1.82, 2.24) is 21.2 Å². The number of halogens is 1. The van der Waals surface area contributed by atoms with Gasteiger partial charge >= 0.3 is 0 Å². The van der Waals surface area contributed by atoms with Crippen LogP contribution in [0.1, 0.15) is 20.7 Å². The average molecular weight is 399 g/mol. The molecule has 0 aliphatic carbocycles. The first-order valence-corrected chi connectivity index (χ1v) is 8.57. The maximum atomic E-state index is 12.4. The van der Waals surface area contributed by atoms with E-state index in [2.05, 4.69) is 21.2 Å². The molecule has 2 aromatic carbocycles. The molecule has 0 fully saturated rings. The molecule has 4 N–H and O–H groups in total. The van der Waals surface area contributed by atoms with Crippen LogP contribution in [0.3, 0.4) is 0 Å². The topological polar surface area (TPSA) is 120 Å². The van der Waals surface area contributed by atoms with Crippen molar-refractivity contribution in [2.75, 3.05) is 6.54 Å². The predicted octanol–water partition coefficient (Wildman–Crippen LogP) is 1.37. The van der Waals surface area contributed by atoms with E-state index in [-0.39, 0.29) is 5.56 Å². The molecule has 8 nitrogen and oxygen atoms in total. The number of hydrazine groups is 1. The first-order chi connectivity index (χ1) is 13.5. The minimum atomic E-state index is -0.703. The van der Waals surface area contributed by atoms with Gasteiger partial charge in [-0.2, -0.15) is 0 Å². The van der Waals surface area contributed by atoms with Gasteiger partial charge in [-0.3, -0.25) is 30.0 Å². The molecule has 0 saturated heterocycles. The molecule has 0 aliphatic heterocycles. The van der Waals surface area contributed by atoms with Gasteiger partial charge in [0.1, 0.15) is 5.56 Å². The van der Waals surface area contributed by atoms with Gasteiger partial charge in [0, 0.05) is 27.7 Å². The number of aromatic amines is 1. The molecule has 0 saturated carbocycles. The van der Waals surface area contributed by atoms with Crippen LogP contribution in [0.25, 0.3) is 10.9 Å². The van der Waals surface area contributed by atoms with Gasteiger partial charge in [-0.1, -0.05) is 23.7 Å². The lowest BCUT2D eigenvalue weighted by Gasteiger charge is -2.09. The molecular weight excluding hydrogens is 384 g/mol. The van der Waals surface area contributed by atoms with Crippen LogP contribution in [0.5, 0.6) is 0 Å². The maximum absolute atomic E-state index is 12.4. The minimum Gasteiger partial charge on any atom is -0.360 e. The molecular formula is C19H15ClN4O4. The van der Waals surface area contributed by atoms with Crippen molar-refractivity contribution in [2.45, 2.75) is 0 Å². The van der Waals surface area contributed by atoms with Gasteiger partial charge in [0.05, 0.1) is 6.54 Å². The number of nitrogens with one attached hydrogen (secondary N) is 4. The summed E-state index contributed by atoms with van der Waals surface area (Å²) in [6.45, 7) is -0.425. The number of hydrogen-bond donors (Lipinski definition) is 4. The highest BCUT2D eigenvalue weighted by atomic mass is 35.5. The Labute approximate surface area is 163 Å². The van der Waals surface area contributed by atoms with E-state index in [1.807, 2.05) is 0 Å². The molecule has 142 valence electrons. The lowest BCUT2D eigenvalue weighted by atomic mass is 10.1. The van der Waals surface area contributed by atoms with E-state index < -0.39 is 29.7 Å². The number of rotatable bonds is 4. The maximum Gasteiger partial charge on any atom is 0.269 e. The Hall–Kier alpha value is -3.65. The third-order valence-corrected chi connectivity index (χ3v) is 4.12. The van der Waals surface area contributed by atoms with Crippen LogP contribution in [-0.4, -0.2) is 29.3 Å². The number of aromatic nitrogens is 1. The molecule has 0 spiro atoms. The fourth-order valence-corrected chi connectivity index (χ4v) is 2.56. The van der Waals surface area contributed by atoms with Crippen molar-refractivity contribution in [3.63, 3.8) is 0 Å². The number of H-pyrrole nitrogens is 1. The molecule has 9 heteroatoms. The first-order valence-electron chi connectivity index (χ1n) is 8.19. The van der Waals surface area contributed by atoms with Crippen LogP contribution < -0.4 is 21.6 Å². The number of amides is 3. The zero-order valence-corrected chi connectivity index (χ0v) is 15.2. The quantitative estimate of drug-likeness (QED) is 0.496. The Morgan fingerprint density at radius 2 is 1.64 bits per heavy atom. The number of para-hydroxylation sites is 1. The SMILES string of the molecule is O=C(CNC(=O)c1c[nH]c2ccccc2c1=O)NNC(=O)c1ccc(Cl)cc1. The first kappa shape index (κ1) is 19.1. The number of pyridine rings is 1. The number of carbonyl (C=O) groups is 3. The number of benzene rings is 2. The normalized spacial score (nSPS) is 10.3. The number of fused-ring (bicyclic) bond motifs is 1. The molecule has 1 aromatic heterocycles. The van der Waals surface area contributed by atoms with Crippen molar-refractivity contribution in [3.8, 4) is 0 Å². The van der Waals surface area contributed by atoms with Gasteiger partial charge in [0.25, 0.3) is 17.7 Å². The molecule has 3 aromatic rings. The largest absolute Gasteiger partial charge is 0.360 e. The summed E-state index contributed by atoms with van der Waals surface area (Å²) in [4.78, 5) is 51.1. The summed E-state index contributed by atoms with van der Waals surface area (Å²) in [5.41, 5.74) is 4.74. The average Bonchev–Trinajstić information content (AvgIpc) is 2.71. The van der Waals surface area contributed by atoms with E-state index in [1.165, 1.54) is 18.3 Å². The Kier molecular flexibility index (Phi) is 5.71. The summed E-state index contributed by atoms with van der Waals surface area (Å²) >= 11 is 5.74. The highest BCUT2D eigenvalue weighted by Gasteiger charge is 2.14. The fourth-order valence-electron chi connectivity index (χ4n) is 2.44. The van der Waals surface area contributed by atoms with E-state index >= 15 is 0 Å². The zero-order valence-electron chi connectivity index (χ0n) is 14.4. The van der Waals surface area contributed by atoms with E-state index in [0.717, 1.165) is 0 Å². The Morgan fingerprint density at radius 3 is 2.39 bits per heavy atom. The van der Waals surface area contributed by atoms with Gasteiger partial charge in [-0.15, -0.1) is 0 Å². The molecule has 0 atom stereocenters. The van der Waals surface area contributed by atoms with Crippen LogP contribution in [0.15, 0.2) is 59.5 Å². The zero-order chi connectivity index (χ0) is 20.1. The van der Waals surface area contributed by atoms with Gasteiger partial charge in [0.15, 0.2) is 0 Å². The summed E-state index contributed by atoms with van der Waals surface area (Å²) in [6, 6.07) is 12.9. The third-order valence-electron chi connectivity index (χ3n) is 3.86. The van der Waals surface area contributed by atoms with E-state index in [1.54, 1.807) is 36.4 Å². The molecule has 28 heavy (non-hydrogen) atoms. The van der Waals surface area contributed by atoms with Crippen molar-refractivity contribution in [1.29, 1.82) is 0 Å². The highest BCUT2D eigenvalue weighted by Crippen LogP contribution is 2.09. The van der Waals surface area contributed by atoms with Crippen LogP contribution >= 0.6 is 11.6 Å². The Balaban J connectivity index is 1.55. The summed E-state index contributed by atoms with van der Waals surface area (Å²) in [7, 11) is 0. The smallest absolute Gasteiger partial charge is 0.269 e. The molecule has 0 radical (unpaired) electrons. The van der Waals surface area contributed by atoms with E-state index in [4.69, 9.17) is 11.6 Å². The van der Waals surface area contributed by atoms with Gasteiger partial charge < -0.3 is 10.3 Å². The molecule has 3 amide bonds. The second kappa shape index (κ2) is 8.36. The minimum absolute atomic E-state index is 0.114. The monoisotopic (exact) mass is 398 g/mol. The van der Waals surface area contributed by atoms with Gasteiger partial charge in [-0.05, 0) is 36.4 Å². The van der Waals surface area contributed by atoms with E-state index in [9.17, 15) is 19.2 Å². The molecule has 0 unspecified atom stereocenters. The lowest BCUT2D eigenvalue weighted by molar-refractivity contribution is -0.120. The third kappa shape index (κ3) is 4.36. The van der Waals surface area contributed by atoms with Crippen LogP contribution in [-0.2, 0) is 4.79 Å². The standard InChI is InChI=1S/C19H15ClN4O4/c20-12-7-5-11(6-8-12)18(27)24-23-16(25)10-22-19(28)14-9-21-15-4-2-1-3-13(15)17(14)26/h1-9H,10H2,(H,21,26)(H,22,28)(H,23,25)(H,24,27). The van der Waals surface area contributed by atoms with Crippen molar-refractivity contribution in [3.05, 3.63) is 81.1 Å². The summed E-state index contributed by atoms with van der Waals surface area (Å²) in [5.74, 6) is -1.90. The number of hydrogen-bond acceptors (Lipinski definition) is 4. The Bertz CT molecular complexity index is 1110. The second-order valence-corrected chi connectivity index (χ2v) is 6.21. The molecule has 1 heterocycles. The summed E-state index contributed by atoms with van der Waals surface area (Å²) in [5, 5.41) is 3.18. The Morgan fingerprint density at radius 1 is 0.929 bits per heavy atom. The molecule has 0 bridgehead atoms. The number of carbonyl (C=O) groups excluding carboxylic acids is 3. The predicted molar refractivity (Wildman–Crippen MR) is 104 cm³/mol. The van der Waals surface area contributed by atoms with Gasteiger partial charge in [-0.25, -0.2) is 0 Å². The highest BCUT2D eigenvalue weighted by molar-refractivity contribution is 6.30. The summed E-state index contributed by atoms with van der Waals surface area (Å²) in [6.07, 6.45) is 1.29. The van der Waals surface area contributed by atoms with Gasteiger partial charge in [0.2, 0.25) is 5.43 Å². The van der Waals surface area contributed by atoms with Crippen molar-refractivity contribution >= 4 is 40.2 Å². The van der Waals surface area contributed by atoms with E-state index in [0.29, 0.717) is 21.5 Å². The van der Waals surface area contributed by atoms with Crippen LogP contribution in [0.2, 0.25) is 5.02 Å². The fraction of sp³-hybridized carbons (Fsp3) is 0.0526. The van der Waals surface area contributed by atoms with Crippen molar-refractivity contribution in [2.24, 2.45) is 0 Å². The summed E-state index contributed by atoms with van der Waals surface area (Å²) < 4.78 is 0.